The average Bonchev–Trinajstić information content (AvgIpc) is 3.56. The summed E-state index contributed by atoms with van der Waals surface area (Å²) in [7, 11) is 3.02. The van der Waals surface area contributed by atoms with E-state index in [0.717, 1.165) is 26.8 Å². The second-order valence-electron chi connectivity index (χ2n) is 13.9. The predicted octanol–water partition coefficient (Wildman–Crippen LogP) is 9.56. The van der Waals surface area contributed by atoms with E-state index >= 15 is 0 Å². The topological polar surface area (TPSA) is 162 Å². The van der Waals surface area contributed by atoms with Gasteiger partial charge in [-0.2, -0.15) is 0 Å². The first-order valence-corrected chi connectivity index (χ1v) is 19.8. The van der Waals surface area contributed by atoms with Crippen molar-refractivity contribution in [2.75, 3.05) is 20.8 Å². The van der Waals surface area contributed by atoms with E-state index < -0.39 is 23.1 Å². The highest BCUT2D eigenvalue weighted by molar-refractivity contribution is 7.21. The molecule has 13 nitrogen and oxygen atoms in total. The number of methoxy groups -OCH3 is 1. The molecule has 0 bridgehead atoms. The maximum Gasteiger partial charge on any atom is 0.410 e. The van der Waals surface area contributed by atoms with Crippen molar-refractivity contribution in [3.05, 3.63) is 116 Å². The number of thiophene rings is 1. The summed E-state index contributed by atoms with van der Waals surface area (Å²) < 4.78 is 17.7. The normalized spacial score (nSPS) is 15.7. The summed E-state index contributed by atoms with van der Waals surface area (Å²) in [6, 6.07) is 21.9. The van der Waals surface area contributed by atoms with Gasteiger partial charge in [-0.05, 0) is 86.1 Å². The number of ether oxygens (including phenoxy) is 3. The molecule has 5 aromatic rings. The van der Waals surface area contributed by atoms with Crippen LogP contribution in [0.15, 0.2) is 85.2 Å². The average molecular weight is 815 g/mol. The van der Waals surface area contributed by atoms with Crippen LogP contribution in [0, 0.1) is 10.1 Å². The van der Waals surface area contributed by atoms with E-state index in [1.807, 2.05) is 59.5 Å². The Kier molecular flexibility index (Phi) is 13.3. The summed E-state index contributed by atoms with van der Waals surface area (Å²) in [5, 5.41) is 22.3. The van der Waals surface area contributed by atoms with E-state index in [2.05, 4.69) is 11.1 Å². The zero-order valence-electron chi connectivity index (χ0n) is 31.8. The fraction of sp³-hybridized carbons (Fsp3) is 0.333. The summed E-state index contributed by atoms with van der Waals surface area (Å²) in [6.45, 7) is 1.92. The smallest absolute Gasteiger partial charge is 0.410 e. The van der Waals surface area contributed by atoms with Gasteiger partial charge >= 0.3 is 12.1 Å². The lowest BCUT2D eigenvalue weighted by Crippen LogP contribution is -2.46. The third-order valence-corrected chi connectivity index (χ3v) is 11.9. The van der Waals surface area contributed by atoms with Gasteiger partial charge in [-0.15, -0.1) is 11.3 Å². The number of pyridine rings is 1. The van der Waals surface area contributed by atoms with Gasteiger partial charge in [-0.25, -0.2) is 4.79 Å². The number of hydrogen-bond donors (Lipinski definition) is 1. The molecule has 2 amide bonds. The third-order valence-electron chi connectivity index (χ3n) is 10.2. The van der Waals surface area contributed by atoms with Gasteiger partial charge in [0.15, 0.2) is 11.5 Å². The monoisotopic (exact) mass is 814 g/mol. The predicted molar refractivity (Wildman–Crippen MR) is 217 cm³/mol. The Bertz CT molecular complexity index is 2240. The Morgan fingerprint density at radius 2 is 1.70 bits per heavy atom. The maximum absolute atomic E-state index is 14.5. The van der Waals surface area contributed by atoms with Crippen LogP contribution in [-0.2, 0) is 16.1 Å². The number of benzene rings is 3. The second kappa shape index (κ2) is 18.5. The van der Waals surface area contributed by atoms with Gasteiger partial charge in [0.1, 0.15) is 11.0 Å². The van der Waals surface area contributed by atoms with E-state index in [4.69, 9.17) is 30.9 Å². The van der Waals surface area contributed by atoms with Gasteiger partial charge < -0.3 is 29.1 Å². The van der Waals surface area contributed by atoms with Gasteiger partial charge in [-0.3, -0.25) is 24.7 Å². The van der Waals surface area contributed by atoms with E-state index in [-0.39, 0.29) is 60.2 Å². The minimum absolute atomic E-state index is 0.0149. The van der Waals surface area contributed by atoms with E-state index in [9.17, 15) is 24.5 Å². The van der Waals surface area contributed by atoms with E-state index in [0.29, 0.717) is 42.1 Å². The molecule has 0 saturated heterocycles. The fourth-order valence-electron chi connectivity index (χ4n) is 7.17. The molecule has 1 saturated carbocycles. The number of hydrogen-bond acceptors (Lipinski definition) is 10. The highest BCUT2D eigenvalue weighted by Crippen LogP contribution is 2.40. The molecule has 6 rings (SSSR count). The van der Waals surface area contributed by atoms with E-state index in [1.165, 1.54) is 35.5 Å². The minimum atomic E-state index is -1.02. The van der Waals surface area contributed by atoms with Crippen LogP contribution in [0.5, 0.6) is 11.5 Å². The van der Waals surface area contributed by atoms with Crippen LogP contribution in [0.2, 0.25) is 5.02 Å². The number of rotatable bonds is 15. The Morgan fingerprint density at radius 3 is 2.39 bits per heavy atom. The van der Waals surface area contributed by atoms with Gasteiger partial charge in [0.2, 0.25) is 0 Å². The molecule has 15 heteroatoms. The number of nitrogens with zero attached hydrogens (tertiary/aromatic N) is 4. The van der Waals surface area contributed by atoms with Crippen molar-refractivity contribution in [3.63, 3.8) is 0 Å². The number of aromatic nitrogens is 1. The largest absolute Gasteiger partial charge is 0.493 e. The molecule has 0 radical (unpaired) electrons. The standard InChI is InChI=1S/C42H43ClN4O9S/c1-26(33-23-35(54-3)36(24-34(33)47(52)53)55-21-7-12-38(48)49)56-42(51)45(2)30-13-15-31(16-14-30)46(41(50)40-39(43)32-10-4-5-11-37(32)57-40)25-27-8-6-9-29(22-27)28-17-19-44-20-18-28/h4-6,8-11,17-20,22-24,26,30-31H,7,12-16,21,25H2,1-3H3,(H,48,49). The van der Waals surface area contributed by atoms with Gasteiger partial charge in [0, 0.05) is 54.6 Å². The van der Waals surface area contributed by atoms with Crippen LogP contribution in [0.1, 0.15) is 72.4 Å². The summed E-state index contributed by atoms with van der Waals surface area (Å²) >= 11 is 8.23. The number of carbonyl (C=O) groups is 3. The first-order valence-electron chi connectivity index (χ1n) is 18.6. The number of halogens is 1. The maximum atomic E-state index is 14.5. The van der Waals surface area contributed by atoms with Gasteiger partial charge in [0.25, 0.3) is 11.6 Å². The summed E-state index contributed by atoms with van der Waals surface area (Å²) in [5.74, 6) is -0.866. The molecule has 57 heavy (non-hydrogen) atoms. The molecular weight excluding hydrogens is 772 g/mol. The number of carboxylic acids is 1. The molecule has 2 heterocycles. The molecule has 1 aliphatic rings. The van der Waals surface area contributed by atoms with Crippen molar-refractivity contribution in [2.45, 2.75) is 70.2 Å². The van der Waals surface area contributed by atoms with Crippen LogP contribution < -0.4 is 9.47 Å². The van der Waals surface area contributed by atoms with Crippen molar-refractivity contribution in [1.82, 2.24) is 14.8 Å². The highest BCUT2D eigenvalue weighted by atomic mass is 35.5. The first kappa shape index (κ1) is 40.9. The van der Waals surface area contributed by atoms with Crippen molar-refractivity contribution in [1.29, 1.82) is 0 Å². The van der Waals surface area contributed by atoms with Crippen LogP contribution in [-0.4, -0.2) is 75.6 Å². The molecule has 1 aliphatic carbocycles. The van der Waals surface area contributed by atoms with Crippen molar-refractivity contribution in [2.24, 2.45) is 0 Å². The first-order chi connectivity index (χ1) is 27.4. The van der Waals surface area contributed by atoms with Gasteiger partial charge in [0.05, 0.1) is 35.3 Å². The lowest BCUT2D eigenvalue weighted by Gasteiger charge is -2.39. The Balaban J connectivity index is 1.16. The lowest BCUT2D eigenvalue weighted by atomic mass is 9.89. The SMILES string of the molecule is COc1cc(C(C)OC(=O)N(C)C2CCC(N(Cc3cccc(-c4ccncc4)c3)C(=O)c3sc4ccccc4c3Cl)CC2)c([N+](=O)[O-])cc1OCCCC(=O)O. The molecule has 298 valence electrons. The molecule has 0 aliphatic heterocycles. The van der Waals surface area contributed by atoms with Crippen molar-refractivity contribution < 1.29 is 38.6 Å². The van der Waals surface area contributed by atoms with Gasteiger partial charge in [-0.1, -0.05) is 48.0 Å². The summed E-state index contributed by atoms with van der Waals surface area (Å²) in [6.07, 6.45) is 4.32. The summed E-state index contributed by atoms with van der Waals surface area (Å²) in [4.78, 5) is 58.4. The molecule has 1 N–H and O–H groups in total. The lowest BCUT2D eigenvalue weighted by molar-refractivity contribution is -0.386. The fourth-order valence-corrected chi connectivity index (χ4v) is 8.64. The summed E-state index contributed by atoms with van der Waals surface area (Å²) in [5.41, 5.74) is 2.79. The number of aliphatic carboxylic acids is 1. The van der Waals surface area contributed by atoms with E-state index in [1.54, 1.807) is 26.4 Å². The number of nitro benzene ring substituents is 1. The van der Waals surface area contributed by atoms with Crippen LogP contribution in [0.4, 0.5) is 10.5 Å². The van der Waals surface area contributed by atoms with Crippen LogP contribution in [0.25, 0.3) is 21.2 Å². The Hall–Kier alpha value is -5.73. The molecule has 1 fully saturated rings. The number of carbonyl (C=O) groups excluding carboxylic acids is 2. The van der Waals surface area contributed by atoms with Crippen LogP contribution >= 0.6 is 22.9 Å². The zero-order valence-corrected chi connectivity index (χ0v) is 33.3. The van der Waals surface area contributed by atoms with Crippen molar-refractivity contribution in [3.8, 4) is 22.6 Å². The number of carboxylic acid groups (broad SMARTS) is 1. The molecule has 2 aromatic heterocycles. The number of fused-ring (bicyclic) bond motifs is 1. The molecule has 0 spiro atoms. The molecule has 3 aromatic carbocycles. The quantitative estimate of drug-likeness (QED) is 0.0612. The molecule has 1 atom stereocenters. The second-order valence-corrected chi connectivity index (χ2v) is 15.3. The zero-order chi connectivity index (χ0) is 40.6. The Labute approximate surface area is 338 Å². The van der Waals surface area contributed by atoms with Crippen molar-refractivity contribution >= 4 is 56.7 Å². The Morgan fingerprint density at radius 1 is 0.982 bits per heavy atom. The van der Waals surface area contributed by atoms with Crippen LogP contribution in [0.3, 0.4) is 0 Å². The molecule has 1 unspecified atom stereocenters. The number of amides is 2. The minimum Gasteiger partial charge on any atom is -0.493 e. The number of nitro groups is 1. The molecular formula is C42H43ClN4O9S. The third kappa shape index (κ3) is 9.63. The highest BCUT2D eigenvalue weighted by Gasteiger charge is 2.35.